The number of rotatable bonds is 8. The van der Waals surface area contributed by atoms with E-state index in [9.17, 15) is 14.4 Å². The SMILES string of the molecule is Cc1cc(OCC(=O)Oc2ccc3cc(C(=O)NCc4ccccc4)c(=O)oc3c2)ccc1C(C)C. The molecule has 4 rings (SSSR count). The monoisotopic (exact) mass is 485 g/mol. The van der Waals surface area contributed by atoms with E-state index in [1.165, 1.54) is 17.7 Å². The lowest BCUT2D eigenvalue weighted by molar-refractivity contribution is -0.136. The third-order valence-corrected chi connectivity index (χ3v) is 5.70. The Morgan fingerprint density at radius 3 is 2.42 bits per heavy atom. The first-order chi connectivity index (χ1) is 17.3. The van der Waals surface area contributed by atoms with Crippen LogP contribution in [-0.2, 0) is 11.3 Å². The molecule has 7 heteroatoms. The van der Waals surface area contributed by atoms with Crippen LogP contribution >= 0.6 is 0 Å². The average Bonchev–Trinajstić information content (AvgIpc) is 2.86. The van der Waals surface area contributed by atoms with Gasteiger partial charge in [0.2, 0.25) is 0 Å². The van der Waals surface area contributed by atoms with Gasteiger partial charge in [-0.2, -0.15) is 0 Å². The second-order valence-electron chi connectivity index (χ2n) is 8.75. The summed E-state index contributed by atoms with van der Waals surface area (Å²) in [6.45, 7) is 6.25. The van der Waals surface area contributed by atoms with Gasteiger partial charge in [0.1, 0.15) is 22.6 Å². The van der Waals surface area contributed by atoms with Crippen LogP contribution in [-0.4, -0.2) is 18.5 Å². The minimum absolute atomic E-state index is 0.102. The van der Waals surface area contributed by atoms with Crippen molar-refractivity contribution < 1.29 is 23.5 Å². The number of hydrogen-bond acceptors (Lipinski definition) is 6. The molecule has 0 fully saturated rings. The summed E-state index contributed by atoms with van der Waals surface area (Å²) in [6, 6.07) is 21.1. The molecule has 1 aromatic heterocycles. The number of hydrogen-bond donors (Lipinski definition) is 1. The van der Waals surface area contributed by atoms with Crippen molar-refractivity contribution in [3.05, 3.63) is 105 Å². The molecule has 0 radical (unpaired) electrons. The number of amides is 1. The Balaban J connectivity index is 1.39. The predicted octanol–water partition coefficient (Wildman–Crippen LogP) is 5.14. The van der Waals surface area contributed by atoms with Gasteiger partial charge in [-0.3, -0.25) is 4.79 Å². The van der Waals surface area contributed by atoms with Gasteiger partial charge in [0.25, 0.3) is 5.91 Å². The van der Waals surface area contributed by atoms with Crippen molar-refractivity contribution in [1.82, 2.24) is 5.32 Å². The van der Waals surface area contributed by atoms with E-state index in [1.54, 1.807) is 12.1 Å². The van der Waals surface area contributed by atoms with Gasteiger partial charge in [-0.05, 0) is 59.9 Å². The summed E-state index contributed by atoms with van der Waals surface area (Å²) in [6.07, 6.45) is 0. The van der Waals surface area contributed by atoms with Gasteiger partial charge >= 0.3 is 11.6 Å². The van der Waals surface area contributed by atoms with Crippen molar-refractivity contribution in [3.63, 3.8) is 0 Å². The second kappa shape index (κ2) is 10.9. The fraction of sp³-hybridized carbons (Fsp3) is 0.207. The fourth-order valence-electron chi connectivity index (χ4n) is 3.88. The van der Waals surface area contributed by atoms with Crippen molar-refractivity contribution in [2.75, 3.05) is 6.61 Å². The third-order valence-electron chi connectivity index (χ3n) is 5.70. The summed E-state index contributed by atoms with van der Waals surface area (Å²) in [5, 5.41) is 3.24. The first-order valence-electron chi connectivity index (χ1n) is 11.6. The maximum atomic E-state index is 12.5. The zero-order valence-corrected chi connectivity index (χ0v) is 20.4. The summed E-state index contributed by atoms with van der Waals surface area (Å²) >= 11 is 0. The van der Waals surface area contributed by atoms with Crippen LogP contribution in [0.25, 0.3) is 11.0 Å². The zero-order chi connectivity index (χ0) is 25.7. The van der Waals surface area contributed by atoms with Crippen LogP contribution in [0.15, 0.2) is 82.0 Å². The van der Waals surface area contributed by atoms with Crippen molar-refractivity contribution in [2.45, 2.75) is 33.2 Å². The Morgan fingerprint density at radius 2 is 1.69 bits per heavy atom. The van der Waals surface area contributed by atoms with Crippen molar-refractivity contribution >= 4 is 22.8 Å². The molecule has 0 aliphatic heterocycles. The van der Waals surface area contributed by atoms with E-state index in [1.807, 2.05) is 55.5 Å². The van der Waals surface area contributed by atoms with E-state index in [4.69, 9.17) is 13.9 Å². The molecule has 0 unspecified atom stereocenters. The number of carbonyl (C=O) groups is 2. The molecule has 184 valence electrons. The molecule has 36 heavy (non-hydrogen) atoms. The van der Waals surface area contributed by atoms with Crippen LogP contribution in [0.4, 0.5) is 0 Å². The van der Waals surface area contributed by atoms with Gasteiger partial charge in [0.15, 0.2) is 6.61 Å². The van der Waals surface area contributed by atoms with Crippen LogP contribution in [0.5, 0.6) is 11.5 Å². The molecular weight excluding hydrogens is 458 g/mol. The van der Waals surface area contributed by atoms with Gasteiger partial charge in [0, 0.05) is 18.0 Å². The van der Waals surface area contributed by atoms with Crippen LogP contribution in [0.3, 0.4) is 0 Å². The predicted molar refractivity (Wildman–Crippen MR) is 136 cm³/mol. The Hall–Kier alpha value is -4.39. The zero-order valence-electron chi connectivity index (χ0n) is 20.4. The van der Waals surface area contributed by atoms with E-state index in [-0.39, 0.29) is 30.0 Å². The molecule has 7 nitrogen and oxygen atoms in total. The summed E-state index contributed by atoms with van der Waals surface area (Å²) in [5.41, 5.74) is 2.54. The maximum Gasteiger partial charge on any atom is 0.349 e. The third kappa shape index (κ3) is 5.99. The number of ether oxygens (including phenoxy) is 2. The number of fused-ring (bicyclic) bond motifs is 1. The number of carbonyl (C=O) groups excluding carboxylic acids is 2. The summed E-state index contributed by atoms with van der Waals surface area (Å²) in [4.78, 5) is 37.2. The van der Waals surface area contributed by atoms with Crippen molar-refractivity contribution in [1.29, 1.82) is 0 Å². The Morgan fingerprint density at radius 1 is 0.944 bits per heavy atom. The van der Waals surface area contributed by atoms with Crippen molar-refractivity contribution in [3.8, 4) is 11.5 Å². The fourth-order valence-corrected chi connectivity index (χ4v) is 3.88. The molecule has 4 aromatic rings. The number of benzene rings is 3. The lowest BCUT2D eigenvalue weighted by Gasteiger charge is -2.12. The first kappa shape index (κ1) is 24.7. The Bertz CT molecular complexity index is 1460. The molecule has 0 saturated carbocycles. The molecule has 0 bridgehead atoms. The van der Waals surface area contributed by atoms with Crippen LogP contribution in [0.2, 0.25) is 0 Å². The standard InChI is InChI=1S/C29H27NO6/c1-18(2)24-12-11-22(13-19(24)3)34-17-27(31)35-23-10-9-21-14-25(29(33)36-26(21)15-23)28(32)30-16-20-7-5-4-6-8-20/h4-15,18H,16-17H2,1-3H3,(H,30,32). The van der Waals surface area contributed by atoms with Crippen molar-refractivity contribution in [2.24, 2.45) is 0 Å². The highest BCUT2D eigenvalue weighted by Crippen LogP contribution is 2.24. The minimum Gasteiger partial charge on any atom is -0.482 e. The van der Waals surface area contributed by atoms with E-state index < -0.39 is 17.5 Å². The molecule has 0 aliphatic rings. The van der Waals surface area contributed by atoms with Crippen LogP contribution in [0, 0.1) is 6.92 Å². The smallest absolute Gasteiger partial charge is 0.349 e. The van der Waals surface area contributed by atoms with Gasteiger partial charge in [-0.25, -0.2) is 9.59 Å². The molecule has 0 atom stereocenters. The second-order valence-corrected chi connectivity index (χ2v) is 8.75. The highest BCUT2D eigenvalue weighted by atomic mass is 16.6. The van der Waals surface area contributed by atoms with Gasteiger partial charge in [-0.1, -0.05) is 50.2 Å². The van der Waals surface area contributed by atoms with E-state index >= 15 is 0 Å². The topological polar surface area (TPSA) is 94.8 Å². The Labute approximate surface area is 208 Å². The van der Waals surface area contributed by atoms with Crippen LogP contribution in [0.1, 0.15) is 46.8 Å². The summed E-state index contributed by atoms with van der Waals surface area (Å²) in [7, 11) is 0. The molecule has 3 aromatic carbocycles. The highest BCUT2D eigenvalue weighted by Gasteiger charge is 2.15. The van der Waals surface area contributed by atoms with E-state index in [0.717, 1.165) is 11.1 Å². The lowest BCUT2D eigenvalue weighted by Crippen LogP contribution is -2.27. The van der Waals surface area contributed by atoms with Gasteiger partial charge < -0.3 is 19.2 Å². The molecule has 0 spiro atoms. The highest BCUT2D eigenvalue weighted by molar-refractivity contribution is 5.96. The maximum absolute atomic E-state index is 12.5. The molecule has 1 N–H and O–H groups in total. The molecule has 1 amide bonds. The Kier molecular flexibility index (Phi) is 7.49. The normalized spacial score (nSPS) is 10.9. The molecular formula is C29H27NO6. The van der Waals surface area contributed by atoms with E-state index in [0.29, 0.717) is 17.1 Å². The lowest BCUT2D eigenvalue weighted by atomic mass is 9.98. The molecule has 1 heterocycles. The van der Waals surface area contributed by atoms with Gasteiger partial charge in [0.05, 0.1) is 0 Å². The summed E-state index contributed by atoms with van der Waals surface area (Å²) in [5.74, 6) is 0.0537. The molecule has 0 saturated heterocycles. The first-order valence-corrected chi connectivity index (χ1v) is 11.6. The molecule has 0 aliphatic carbocycles. The number of esters is 1. The summed E-state index contributed by atoms with van der Waals surface area (Å²) < 4.78 is 16.2. The van der Waals surface area contributed by atoms with E-state index in [2.05, 4.69) is 19.2 Å². The number of aryl methyl sites for hydroxylation is 1. The largest absolute Gasteiger partial charge is 0.482 e. The van der Waals surface area contributed by atoms with Gasteiger partial charge in [-0.15, -0.1) is 0 Å². The van der Waals surface area contributed by atoms with Crippen LogP contribution < -0.4 is 20.4 Å². The minimum atomic E-state index is -0.778. The number of nitrogens with one attached hydrogen (secondary N) is 1. The average molecular weight is 486 g/mol. The quantitative estimate of drug-likeness (QED) is 0.211.